The smallest absolute Gasteiger partial charge is 0.328 e. The van der Waals surface area contributed by atoms with Gasteiger partial charge in [-0.3, -0.25) is 0 Å². The zero-order valence-electron chi connectivity index (χ0n) is 14.7. The molecule has 4 nitrogen and oxygen atoms in total. The average molecular weight is 360 g/mol. The molecular formula is C23H20O4. The summed E-state index contributed by atoms with van der Waals surface area (Å²) >= 11 is 0. The number of aliphatic carboxylic acids is 1. The lowest BCUT2D eigenvalue weighted by Crippen LogP contribution is -1.97. The van der Waals surface area contributed by atoms with E-state index in [-0.39, 0.29) is 0 Å². The van der Waals surface area contributed by atoms with Gasteiger partial charge in [-0.2, -0.15) is 0 Å². The molecule has 0 atom stereocenters. The zero-order valence-corrected chi connectivity index (χ0v) is 14.7. The molecule has 0 bridgehead atoms. The molecular weight excluding hydrogens is 340 g/mol. The van der Waals surface area contributed by atoms with Gasteiger partial charge in [-0.25, -0.2) is 4.79 Å². The van der Waals surface area contributed by atoms with E-state index in [1.165, 1.54) is 0 Å². The van der Waals surface area contributed by atoms with Crippen molar-refractivity contribution in [2.24, 2.45) is 0 Å². The summed E-state index contributed by atoms with van der Waals surface area (Å²) in [5, 5.41) is 8.79. The number of ether oxygens (including phenoxy) is 2. The number of hydrogen-bond acceptors (Lipinski definition) is 3. The topological polar surface area (TPSA) is 55.8 Å². The van der Waals surface area contributed by atoms with Crippen molar-refractivity contribution in [3.8, 4) is 11.5 Å². The maximum absolute atomic E-state index is 10.7. The van der Waals surface area contributed by atoms with Gasteiger partial charge in [0.25, 0.3) is 0 Å². The number of benzene rings is 3. The van der Waals surface area contributed by atoms with E-state index in [1.807, 2.05) is 78.9 Å². The minimum Gasteiger partial charge on any atom is -0.478 e. The SMILES string of the molecule is O=C(O)C=Cc1ccccc1COCc1cccc(Oc2ccccc2)c1. The second kappa shape index (κ2) is 9.36. The van der Waals surface area contributed by atoms with Crippen LogP contribution in [0.2, 0.25) is 0 Å². The molecule has 4 heteroatoms. The highest BCUT2D eigenvalue weighted by molar-refractivity contribution is 5.85. The van der Waals surface area contributed by atoms with Crippen molar-refractivity contribution in [1.29, 1.82) is 0 Å². The van der Waals surface area contributed by atoms with Gasteiger partial charge >= 0.3 is 5.97 Å². The van der Waals surface area contributed by atoms with Crippen LogP contribution in [0.5, 0.6) is 11.5 Å². The van der Waals surface area contributed by atoms with Crippen molar-refractivity contribution in [2.75, 3.05) is 0 Å². The third-order valence-corrected chi connectivity index (χ3v) is 3.86. The molecule has 0 aliphatic carbocycles. The van der Waals surface area contributed by atoms with Crippen LogP contribution in [0.3, 0.4) is 0 Å². The fraction of sp³-hybridized carbons (Fsp3) is 0.0870. The number of carboxylic acids is 1. The van der Waals surface area contributed by atoms with Crippen molar-refractivity contribution in [3.05, 3.63) is 102 Å². The van der Waals surface area contributed by atoms with E-state index >= 15 is 0 Å². The largest absolute Gasteiger partial charge is 0.478 e. The van der Waals surface area contributed by atoms with E-state index in [4.69, 9.17) is 14.6 Å². The molecule has 0 aliphatic rings. The average Bonchev–Trinajstić information content (AvgIpc) is 2.68. The third kappa shape index (κ3) is 5.83. The van der Waals surface area contributed by atoms with Gasteiger partial charge in [-0.1, -0.05) is 54.6 Å². The molecule has 1 N–H and O–H groups in total. The Morgan fingerprint density at radius 2 is 1.59 bits per heavy atom. The van der Waals surface area contributed by atoms with Gasteiger partial charge in [0.05, 0.1) is 13.2 Å². The first kappa shape index (κ1) is 18.4. The van der Waals surface area contributed by atoms with Crippen molar-refractivity contribution in [1.82, 2.24) is 0 Å². The molecule has 0 heterocycles. The molecule has 0 aromatic heterocycles. The Labute approximate surface area is 158 Å². The normalized spacial score (nSPS) is 10.8. The minimum atomic E-state index is -0.971. The van der Waals surface area contributed by atoms with Crippen LogP contribution in [0.25, 0.3) is 6.08 Å². The lowest BCUT2D eigenvalue weighted by Gasteiger charge is -2.10. The molecule has 0 saturated carbocycles. The van der Waals surface area contributed by atoms with Gasteiger partial charge < -0.3 is 14.6 Å². The number of hydrogen-bond donors (Lipinski definition) is 1. The molecule has 0 radical (unpaired) electrons. The summed E-state index contributed by atoms with van der Waals surface area (Å²) in [6.45, 7) is 0.826. The second-order valence-corrected chi connectivity index (χ2v) is 5.93. The van der Waals surface area contributed by atoms with Crippen LogP contribution in [0.1, 0.15) is 16.7 Å². The summed E-state index contributed by atoms with van der Waals surface area (Å²) in [6.07, 6.45) is 2.71. The summed E-state index contributed by atoms with van der Waals surface area (Å²) < 4.78 is 11.7. The molecule has 3 aromatic rings. The molecule has 0 amide bonds. The Bertz CT molecular complexity index is 916. The van der Waals surface area contributed by atoms with Crippen molar-refractivity contribution in [3.63, 3.8) is 0 Å². The molecule has 27 heavy (non-hydrogen) atoms. The highest BCUT2D eigenvalue weighted by Gasteiger charge is 2.02. The van der Waals surface area contributed by atoms with E-state index in [0.29, 0.717) is 13.2 Å². The van der Waals surface area contributed by atoms with Crippen LogP contribution < -0.4 is 4.74 Å². The Morgan fingerprint density at radius 3 is 2.41 bits per heavy atom. The predicted octanol–water partition coefficient (Wildman–Crippen LogP) is 5.29. The van der Waals surface area contributed by atoms with Crippen LogP contribution in [-0.4, -0.2) is 11.1 Å². The Kier molecular flexibility index (Phi) is 6.39. The number of rotatable bonds is 8. The Morgan fingerprint density at radius 1 is 0.852 bits per heavy atom. The maximum Gasteiger partial charge on any atom is 0.328 e. The standard InChI is InChI=1S/C23H20O4/c24-23(25)14-13-19-8-4-5-9-20(19)17-26-16-18-7-6-12-22(15-18)27-21-10-2-1-3-11-21/h1-15H,16-17H2,(H,24,25). The van der Waals surface area contributed by atoms with Crippen LogP contribution >= 0.6 is 0 Å². The van der Waals surface area contributed by atoms with Crippen molar-refractivity contribution >= 4 is 12.0 Å². The van der Waals surface area contributed by atoms with E-state index in [2.05, 4.69) is 0 Å². The van der Waals surface area contributed by atoms with E-state index in [1.54, 1.807) is 6.08 Å². The third-order valence-electron chi connectivity index (χ3n) is 3.86. The highest BCUT2D eigenvalue weighted by atomic mass is 16.5. The monoisotopic (exact) mass is 360 g/mol. The van der Waals surface area contributed by atoms with E-state index in [0.717, 1.165) is 34.3 Å². The molecule has 3 rings (SSSR count). The minimum absolute atomic E-state index is 0.393. The number of carbonyl (C=O) groups is 1. The van der Waals surface area contributed by atoms with Crippen molar-refractivity contribution in [2.45, 2.75) is 13.2 Å². The lowest BCUT2D eigenvalue weighted by molar-refractivity contribution is -0.131. The summed E-state index contributed by atoms with van der Waals surface area (Å²) in [5.41, 5.74) is 2.77. The molecule has 0 fully saturated rings. The molecule has 0 unspecified atom stereocenters. The Balaban J connectivity index is 1.60. The van der Waals surface area contributed by atoms with Gasteiger partial charge in [0.15, 0.2) is 0 Å². The summed E-state index contributed by atoms with van der Waals surface area (Å²) in [6, 6.07) is 25.0. The molecule has 3 aromatic carbocycles. The van der Waals surface area contributed by atoms with Crippen LogP contribution in [0.15, 0.2) is 84.9 Å². The van der Waals surface area contributed by atoms with Crippen LogP contribution in [0, 0.1) is 0 Å². The fourth-order valence-electron chi connectivity index (χ4n) is 2.59. The molecule has 0 spiro atoms. The van der Waals surface area contributed by atoms with E-state index in [9.17, 15) is 4.79 Å². The number of carboxylic acid groups (broad SMARTS) is 1. The number of para-hydroxylation sites is 1. The predicted molar refractivity (Wildman–Crippen MR) is 105 cm³/mol. The van der Waals surface area contributed by atoms with Gasteiger partial charge in [0, 0.05) is 6.08 Å². The van der Waals surface area contributed by atoms with Gasteiger partial charge in [-0.05, 0) is 47.0 Å². The zero-order chi connectivity index (χ0) is 18.9. The van der Waals surface area contributed by atoms with Gasteiger partial charge in [-0.15, -0.1) is 0 Å². The lowest BCUT2D eigenvalue weighted by atomic mass is 10.1. The summed E-state index contributed by atoms with van der Waals surface area (Å²) in [7, 11) is 0. The first-order valence-electron chi connectivity index (χ1n) is 8.59. The van der Waals surface area contributed by atoms with Crippen LogP contribution in [0.4, 0.5) is 0 Å². The molecule has 0 aliphatic heterocycles. The van der Waals surface area contributed by atoms with Crippen molar-refractivity contribution < 1.29 is 19.4 Å². The highest BCUT2D eigenvalue weighted by Crippen LogP contribution is 2.22. The summed E-state index contributed by atoms with van der Waals surface area (Å²) in [4.78, 5) is 10.7. The first-order valence-corrected chi connectivity index (χ1v) is 8.59. The fourth-order valence-corrected chi connectivity index (χ4v) is 2.59. The quantitative estimate of drug-likeness (QED) is 0.554. The molecule has 0 saturated heterocycles. The molecule has 136 valence electrons. The van der Waals surface area contributed by atoms with Gasteiger partial charge in [0.1, 0.15) is 11.5 Å². The Hall–Kier alpha value is -3.37. The second-order valence-electron chi connectivity index (χ2n) is 5.93. The van der Waals surface area contributed by atoms with Crippen LogP contribution in [-0.2, 0) is 22.7 Å². The van der Waals surface area contributed by atoms with Gasteiger partial charge in [0.2, 0.25) is 0 Å². The van der Waals surface area contributed by atoms with E-state index < -0.39 is 5.97 Å². The maximum atomic E-state index is 10.7. The first-order chi connectivity index (χ1) is 13.2. The summed E-state index contributed by atoms with van der Waals surface area (Å²) in [5.74, 6) is 0.572.